The molecule has 31 heavy (non-hydrogen) atoms. The fourth-order valence-corrected chi connectivity index (χ4v) is 3.90. The minimum atomic E-state index is -2.99. The van der Waals surface area contributed by atoms with Gasteiger partial charge in [0.25, 0.3) is 5.91 Å². The highest BCUT2D eigenvalue weighted by Gasteiger charge is 2.29. The van der Waals surface area contributed by atoms with Gasteiger partial charge in [-0.1, -0.05) is 24.9 Å². The molecule has 0 bridgehead atoms. The van der Waals surface area contributed by atoms with E-state index in [2.05, 4.69) is 4.74 Å². The molecule has 0 radical (unpaired) electrons. The number of hydrogen-bond donors (Lipinski definition) is 2. The van der Waals surface area contributed by atoms with Gasteiger partial charge in [0.1, 0.15) is 11.5 Å². The van der Waals surface area contributed by atoms with Crippen molar-refractivity contribution < 1.29 is 33.3 Å². The molecular formula is C22H20ClF2NO5. The van der Waals surface area contributed by atoms with Gasteiger partial charge in [-0.3, -0.25) is 14.2 Å². The topological polar surface area (TPSA) is 88.8 Å². The van der Waals surface area contributed by atoms with E-state index in [0.29, 0.717) is 35.0 Å². The molecule has 3 aromatic rings. The molecular weight excluding hydrogens is 432 g/mol. The Morgan fingerprint density at radius 3 is 2.39 bits per heavy atom. The molecule has 0 spiro atoms. The quantitative estimate of drug-likeness (QED) is 0.490. The fourth-order valence-electron chi connectivity index (χ4n) is 3.74. The van der Waals surface area contributed by atoms with Crippen LogP contribution < -0.4 is 4.74 Å². The van der Waals surface area contributed by atoms with Crippen molar-refractivity contribution in [3.8, 4) is 11.5 Å². The van der Waals surface area contributed by atoms with E-state index >= 15 is 0 Å². The normalized spacial score (nSPS) is 12.3. The van der Waals surface area contributed by atoms with Gasteiger partial charge in [0, 0.05) is 16.6 Å². The number of phenols is 1. The number of carboxylic acids is 1. The molecule has 1 unspecified atom stereocenters. The average molecular weight is 452 g/mol. The monoisotopic (exact) mass is 451 g/mol. The molecule has 0 aliphatic carbocycles. The average Bonchev–Trinajstić information content (AvgIpc) is 2.96. The molecule has 0 fully saturated rings. The maximum atomic E-state index is 13.3. The number of aromatic nitrogens is 1. The van der Waals surface area contributed by atoms with Crippen molar-refractivity contribution in [1.82, 2.24) is 4.57 Å². The van der Waals surface area contributed by atoms with E-state index in [1.54, 1.807) is 6.92 Å². The number of aliphatic carboxylic acids is 1. The second-order valence-corrected chi connectivity index (χ2v) is 7.45. The summed E-state index contributed by atoms with van der Waals surface area (Å²) in [5.74, 6) is -2.75. The first-order chi connectivity index (χ1) is 14.6. The van der Waals surface area contributed by atoms with Crippen LogP contribution in [-0.2, 0) is 4.79 Å². The third-order valence-electron chi connectivity index (χ3n) is 5.07. The summed E-state index contributed by atoms with van der Waals surface area (Å²) in [6.45, 7) is 0.492. The molecule has 1 atom stereocenters. The predicted molar refractivity (Wildman–Crippen MR) is 111 cm³/mol. The van der Waals surface area contributed by atoms with Crippen molar-refractivity contribution in [1.29, 1.82) is 0 Å². The first kappa shape index (κ1) is 22.6. The van der Waals surface area contributed by atoms with Crippen molar-refractivity contribution in [3.63, 3.8) is 0 Å². The van der Waals surface area contributed by atoms with Crippen molar-refractivity contribution in [3.05, 3.63) is 58.2 Å². The number of rotatable bonds is 7. The molecule has 0 amide bonds. The molecule has 1 heterocycles. The first-order valence-electron chi connectivity index (χ1n) is 9.51. The molecule has 3 rings (SSSR count). The molecule has 9 heteroatoms. The summed E-state index contributed by atoms with van der Waals surface area (Å²) in [5, 5.41) is 20.3. The Hall–Kier alpha value is -3.13. The number of aromatic hydroxyl groups is 1. The van der Waals surface area contributed by atoms with E-state index < -0.39 is 24.4 Å². The van der Waals surface area contributed by atoms with Crippen molar-refractivity contribution in [2.24, 2.45) is 0 Å². The zero-order valence-electron chi connectivity index (χ0n) is 16.7. The zero-order valence-corrected chi connectivity index (χ0v) is 17.5. The highest BCUT2D eigenvalue weighted by Crippen LogP contribution is 2.39. The smallest absolute Gasteiger partial charge is 0.387 e. The summed E-state index contributed by atoms with van der Waals surface area (Å²) < 4.78 is 30.4. The molecule has 6 nitrogen and oxygen atoms in total. The molecule has 1 aromatic heterocycles. The number of nitrogens with zero attached hydrogens (tertiary/aromatic N) is 1. The third-order valence-corrected chi connectivity index (χ3v) is 5.38. The summed E-state index contributed by atoms with van der Waals surface area (Å²) in [4.78, 5) is 25.2. The lowest BCUT2D eigenvalue weighted by Crippen LogP contribution is -2.16. The van der Waals surface area contributed by atoms with Crippen LogP contribution in [0.1, 0.15) is 47.3 Å². The number of ether oxygens (including phenoxy) is 1. The van der Waals surface area contributed by atoms with Crippen LogP contribution in [-0.4, -0.2) is 33.3 Å². The van der Waals surface area contributed by atoms with Gasteiger partial charge in [0.15, 0.2) is 0 Å². The summed E-state index contributed by atoms with van der Waals surface area (Å²) in [6.07, 6.45) is 0.939. The Kier molecular flexibility index (Phi) is 6.50. The number of carbonyl (C=O) groups excluding carboxylic acids is 1. The Morgan fingerprint density at radius 2 is 1.84 bits per heavy atom. The van der Waals surface area contributed by atoms with Crippen molar-refractivity contribution in [2.75, 3.05) is 0 Å². The number of alkyl halides is 2. The summed E-state index contributed by atoms with van der Waals surface area (Å²) in [7, 11) is 0. The van der Waals surface area contributed by atoms with Gasteiger partial charge in [0.2, 0.25) is 0 Å². The lowest BCUT2D eigenvalue weighted by Gasteiger charge is -2.13. The molecule has 0 saturated heterocycles. The second kappa shape index (κ2) is 8.93. The van der Waals surface area contributed by atoms with Gasteiger partial charge in [-0.2, -0.15) is 8.78 Å². The number of fused-ring (bicyclic) bond motifs is 1. The highest BCUT2D eigenvalue weighted by molar-refractivity contribution is 6.33. The zero-order chi connectivity index (χ0) is 22.9. The molecule has 0 saturated carbocycles. The van der Waals surface area contributed by atoms with Crippen LogP contribution in [0.3, 0.4) is 0 Å². The summed E-state index contributed by atoms with van der Waals surface area (Å²) in [5.41, 5.74) is 1.34. The largest absolute Gasteiger partial charge is 0.506 e. The van der Waals surface area contributed by atoms with Crippen LogP contribution in [0.5, 0.6) is 11.5 Å². The standard InChI is InChI=1S/C22H20ClF2NO5/c1-3-4-14(21(29)30)19-11(2)26(17-10-16(23)18(27)9-15(17)19)20(28)12-5-7-13(8-6-12)31-22(24)25/h5-10,14,22,27H,3-4H2,1-2H3,(H,29,30). The number of halogens is 3. The lowest BCUT2D eigenvalue weighted by molar-refractivity contribution is -0.139. The maximum absolute atomic E-state index is 13.3. The predicted octanol–water partition coefficient (Wildman–Crippen LogP) is 5.57. The lowest BCUT2D eigenvalue weighted by atomic mass is 9.92. The highest BCUT2D eigenvalue weighted by atomic mass is 35.5. The minimum absolute atomic E-state index is 0.00801. The van der Waals surface area contributed by atoms with Gasteiger partial charge in [-0.15, -0.1) is 0 Å². The van der Waals surface area contributed by atoms with Gasteiger partial charge in [-0.05, 0) is 55.3 Å². The van der Waals surface area contributed by atoms with E-state index in [-0.39, 0.29) is 22.1 Å². The van der Waals surface area contributed by atoms with E-state index in [4.69, 9.17) is 11.6 Å². The van der Waals surface area contributed by atoms with Gasteiger partial charge < -0.3 is 14.9 Å². The third kappa shape index (κ3) is 4.34. The number of phenolic OH excluding ortho intramolecular Hbond substituents is 1. The Labute approximate surface area is 181 Å². The van der Waals surface area contributed by atoms with Crippen LogP contribution in [0.15, 0.2) is 36.4 Å². The van der Waals surface area contributed by atoms with E-state index in [9.17, 15) is 28.6 Å². The van der Waals surface area contributed by atoms with Gasteiger partial charge >= 0.3 is 12.6 Å². The fraction of sp³-hybridized carbons (Fsp3) is 0.273. The SMILES string of the molecule is CCCC(C(=O)O)c1c(C)n(C(=O)c2ccc(OC(F)F)cc2)c2cc(Cl)c(O)cc12. The molecule has 2 aromatic carbocycles. The van der Waals surface area contributed by atoms with Crippen LogP contribution in [0.4, 0.5) is 8.78 Å². The second-order valence-electron chi connectivity index (χ2n) is 7.04. The number of carbonyl (C=O) groups is 2. The number of carboxylic acid groups (broad SMARTS) is 1. The minimum Gasteiger partial charge on any atom is -0.506 e. The Bertz CT molecular complexity index is 1140. The molecule has 164 valence electrons. The Morgan fingerprint density at radius 1 is 1.19 bits per heavy atom. The van der Waals surface area contributed by atoms with Crippen LogP contribution in [0.25, 0.3) is 10.9 Å². The van der Waals surface area contributed by atoms with Crippen LogP contribution in [0, 0.1) is 6.92 Å². The first-order valence-corrected chi connectivity index (χ1v) is 9.89. The molecule has 2 N–H and O–H groups in total. The molecule has 0 aliphatic heterocycles. The number of benzene rings is 2. The van der Waals surface area contributed by atoms with Crippen molar-refractivity contribution in [2.45, 2.75) is 39.2 Å². The van der Waals surface area contributed by atoms with Gasteiger partial charge in [0.05, 0.1) is 16.5 Å². The van der Waals surface area contributed by atoms with Crippen LogP contribution >= 0.6 is 11.6 Å². The summed E-state index contributed by atoms with van der Waals surface area (Å²) >= 11 is 6.07. The Balaban J connectivity index is 2.20. The van der Waals surface area contributed by atoms with E-state index in [1.165, 1.54) is 41.0 Å². The maximum Gasteiger partial charge on any atom is 0.387 e. The van der Waals surface area contributed by atoms with E-state index in [1.807, 2.05) is 6.92 Å². The van der Waals surface area contributed by atoms with Crippen LogP contribution in [0.2, 0.25) is 5.02 Å². The molecule has 0 aliphatic rings. The van der Waals surface area contributed by atoms with Crippen molar-refractivity contribution >= 4 is 34.4 Å². The summed E-state index contributed by atoms with van der Waals surface area (Å²) in [6, 6.07) is 7.94. The van der Waals surface area contributed by atoms with E-state index in [0.717, 1.165) is 0 Å². The number of hydrogen-bond acceptors (Lipinski definition) is 4. The van der Waals surface area contributed by atoms with Gasteiger partial charge in [-0.25, -0.2) is 0 Å².